The fourth-order valence-electron chi connectivity index (χ4n) is 3.14. The van der Waals surface area contributed by atoms with Gasteiger partial charge in [-0.2, -0.15) is 0 Å². The van der Waals surface area contributed by atoms with E-state index in [-0.39, 0.29) is 10.8 Å². The van der Waals surface area contributed by atoms with Crippen molar-refractivity contribution in [2.75, 3.05) is 11.9 Å². The Hall–Kier alpha value is -1.55. The molecule has 0 saturated heterocycles. The van der Waals surface area contributed by atoms with Crippen molar-refractivity contribution >= 4 is 11.8 Å². The number of hydrogen-bond donors (Lipinski definition) is 2. The first kappa shape index (κ1) is 16.8. The van der Waals surface area contributed by atoms with Crippen LogP contribution in [0.2, 0.25) is 0 Å². The van der Waals surface area contributed by atoms with E-state index in [1.807, 2.05) is 39.8 Å². The Bertz CT molecular complexity index is 587. The number of carbonyl (C=O) groups excluding carboxylic acids is 1. The van der Waals surface area contributed by atoms with Crippen molar-refractivity contribution in [3.8, 4) is 0 Å². The van der Waals surface area contributed by atoms with Gasteiger partial charge in [0.05, 0.1) is 0 Å². The Morgan fingerprint density at radius 2 is 1.95 bits per heavy atom. The lowest BCUT2D eigenvalue weighted by molar-refractivity contribution is 0.0636. The molecular weight excluding hydrogens is 276 g/mol. The van der Waals surface area contributed by atoms with Crippen molar-refractivity contribution in [3.05, 3.63) is 29.3 Å². The molecule has 1 aromatic carbocycles. The largest absolute Gasteiger partial charge is 0.444 e. The summed E-state index contributed by atoms with van der Waals surface area (Å²) >= 11 is 0. The molecule has 3 N–H and O–H groups in total. The van der Waals surface area contributed by atoms with Crippen LogP contribution >= 0.6 is 0 Å². The zero-order valence-corrected chi connectivity index (χ0v) is 14.5. The van der Waals surface area contributed by atoms with Crippen molar-refractivity contribution in [1.82, 2.24) is 0 Å². The number of aryl methyl sites for hydroxylation is 1. The Kier molecular flexibility index (Phi) is 4.03. The summed E-state index contributed by atoms with van der Waals surface area (Å²) in [5.41, 5.74) is 8.76. The van der Waals surface area contributed by atoms with Gasteiger partial charge in [-0.3, -0.25) is 5.32 Å². The van der Waals surface area contributed by atoms with Gasteiger partial charge in [0.1, 0.15) is 5.60 Å². The van der Waals surface area contributed by atoms with Crippen LogP contribution in [-0.2, 0) is 10.2 Å². The summed E-state index contributed by atoms with van der Waals surface area (Å²) in [7, 11) is 0. The molecule has 1 saturated carbocycles. The van der Waals surface area contributed by atoms with Crippen LogP contribution in [0.25, 0.3) is 0 Å². The van der Waals surface area contributed by atoms with Gasteiger partial charge < -0.3 is 10.5 Å². The molecule has 0 aliphatic heterocycles. The van der Waals surface area contributed by atoms with Gasteiger partial charge >= 0.3 is 6.09 Å². The Morgan fingerprint density at radius 3 is 2.41 bits per heavy atom. The van der Waals surface area contributed by atoms with Crippen LogP contribution in [0.4, 0.5) is 10.5 Å². The third-order valence-electron chi connectivity index (χ3n) is 4.69. The second-order valence-corrected chi connectivity index (χ2v) is 8.00. The van der Waals surface area contributed by atoms with E-state index in [0.29, 0.717) is 6.54 Å². The fraction of sp³-hybridized carbons (Fsp3) is 0.611. The number of nitrogens with two attached hydrogens (primary N) is 1. The minimum absolute atomic E-state index is 0.0189. The molecule has 0 aromatic heterocycles. The van der Waals surface area contributed by atoms with Crippen LogP contribution in [0.15, 0.2) is 18.2 Å². The quantitative estimate of drug-likeness (QED) is 0.888. The van der Waals surface area contributed by atoms with Crippen molar-refractivity contribution in [2.24, 2.45) is 11.1 Å². The van der Waals surface area contributed by atoms with Crippen LogP contribution in [0, 0.1) is 12.3 Å². The van der Waals surface area contributed by atoms with Crippen molar-refractivity contribution in [1.29, 1.82) is 0 Å². The summed E-state index contributed by atoms with van der Waals surface area (Å²) in [6.45, 7) is 12.6. The minimum Gasteiger partial charge on any atom is -0.444 e. The maximum absolute atomic E-state index is 12.0. The molecule has 1 aliphatic rings. The van der Waals surface area contributed by atoms with Crippen LogP contribution in [-0.4, -0.2) is 18.2 Å². The molecule has 4 nitrogen and oxygen atoms in total. The maximum atomic E-state index is 12.0. The third-order valence-corrected chi connectivity index (χ3v) is 4.69. The van der Waals surface area contributed by atoms with E-state index in [2.05, 4.69) is 25.2 Å². The molecule has 1 aliphatic carbocycles. The molecule has 22 heavy (non-hydrogen) atoms. The van der Waals surface area contributed by atoms with Gasteiger partial charge in [0, 0.05) is 17.6 Å². The van der Waals surface area contributed by atoms with E-state index < -0.39 is 11.7 Å². The molecular formula is C18H28N2O2. The first-order valence-electron chi connectivity index (χ1n) is 7.82. The highest BCUT2D eigenvalue weighted by Crippen LogP contribution is 2.63. The average molecular weight is 304 g/mol. The van der Waals surface area contributed by atoms with Crippen molar-refractivity contribution < 1.29 is 9.53 Å². The number of ether oxygens (including phenoxy) is 1. The molecule has 0 radical (unpaired) electrons. The van der Waals surface area contributed by atoms with E-state index in [1.54, 1.807) is 0 Å². The summed E-state index contributed by atoms with van der Waals surface area (Å²) in [6, 6.07) is 6.20. The zero-order chi connectivity index (χ0) is 16.8. The molecule has 1 fully saturated rings. The topological polar surface area (TPSA) is 64.3 Å². The molecule has 0 spiro atoms. The number of carbonyl (C=O) groups is 1. The molecule has 4 heteroatoms. The predicted octanol–water partition coefficient (Wildman–Crippen LogP) is 3.97. The van der Waals surface area contributed by atoms with Crippen LogP contribution in [0.1, 0.15) is 52.2 Å². The number of benzene rings is 1. The summed E-state index contributed by atoms with van der Waals surface area (Å²) < 4.78 is 5.33. The van der Waals surface area contributed by atoms with E-state index in [0.717, 1.165) is 17.7 Å². The monoisotopic (exact) mass is 304 g/mol. The highest BCUT2D eigenvalue weighted by atomic mass is 16.6. The minimum atomic E-state index is -0.507. The van der Waals surface area contributed by atoms with Gasteiger partial charge in [-0.1, -0.05) is 26.0 Å². The first-order chi connectivity index (χ1) is 10.0. The van der Waals surface area contributed by atoms with Crippen LogP contribution in [0.5, 0.6) is 0 Å². The number of hydrogen-bond acceptors (Lipinski definition) is 3. The highest BCUT2D eigenvalue weighted by Gasteiger charge is 2.60. The highest BCUT2D eigenvalue weighted by molar-refractivity contribution is 5.86. The van der Waals surface area contributed by atoms with E-state index in [1.165, 1.54) is 5.56 Å². The fourth-order valence-corrected chi connectivity index (χ4v) is 3.14. The van der Waals surface area contributed by atoms with Crippen LogP contribution in [0.3, 0.4) is 0 Å². The number of anilines is 1. The summed E-state index contributed by atoms with van der Waals surface area (Å²) in [5, 5.41) is 2.86. The van der Waals surface area contributed by atoms with Gasteiger partial charge in [0.15, 0.2) is 0 Å². The lowest BCUT2D eigenvalue weighted by atomic mass is 9.87. The molecule has 122 valence electrons. The smallest absolute Gasteiger partial charge is 0.412 e. The summed E-state index contributed by atoms with van der Waals surface area (Å²) in [5.74, 6) is 0. The first-order valence-corrected chi connectivity index (χ1v) is 7.82. The van der Waals surface area contributed by atoms with E-state index >= 15 is 0 Å². The second kappa shape index (κ2) is 5.27. The number of amides is 1. The van der Waals surface area contributed by atoms with Gasteiger partial charge in [-0.25, -0.2) is 4.79 Å². The molecule has 1 aromatic rings. The van der Waals surface area contributed by atoms with Crippen LogP contribution < -0.4 is 11.1 Å². The lowest BCUT2D eigenvalue weighted by Gasteiger charge is -2.22. The Morgan fingerprint density at radius 1 is 1.36 bits per heavy atom. The molecule has 1 atom stereocenters. The van der Waals surface area contributed by atoms with Gasteiger partial charge in [0.25, 0.3) is 0 Å². The Balaban J connectivity index is 2.24. The normalized spacial score (nSPS) is 23.0. The SMILES string of the molecule is Cc1ccc(C2(CN)CC2(C)C)cc1NC(=O)OC(C)(C)C. The molecule has 0 bridgehead atoms. The average Bonchev–Trinajstić information content (AvgIpc) is 2.93. The van der Waals surface area contributed by atoms with Crippen molar-refractivity contribution in [3.63, 3.8) is 0 Å². The van der Waals surface area contributed by atoms with E-state index in [4.69, 9.17) is 10.5 Å². The number of rotatable bonds is 3. The van der Waals surface area contributed by atoms with Crippen molar-refractivity contribution in [2.45, 2.75) is 59.0 Å². The molecule has 1 unspecified atom stereocenters. The van der Waals surface area contributed by atoms with Gasteiger partial charge in [0.2, 0.25) is 0 Å². The summed E-state index contributed by atoms with van der Waals surface area (Å²) in [6.07, 6.45) is 0.649. The molecule has 2 rings (SSSR count). The molecule has 0 heterocycles. The third kappa shape index (κ3) is 3.12. The van der Waals surface area contributed by atoms with Gasteiger partial charge in [-0.05, 0) is 56.7 Å². The maximum Gasteiger partial charge on any atom is 0.412 e. The standard InChI is InChI=1S/C18H28N2O2/c1-12-7-8-13(18(11-19)10-17(18,5)6)9-14(12)20-15(21)22-16(2,3)4/h7-9H,10-11,19H2,1-6H3,(H,20,21). The lowest BCUT2D eigenvalue weighted by Crippen LogP contribution is -2.28. The molecule has 1 amide bonds. The predicted molar refractivity (Wildman–Crippen MR) is 90.2 cm³/mol. The van der Waals surface area contributed by atoms with E-state index in [9.17, 15) is 4.79 Å². The second-order valence-electron chi connectivity index (χ2n) is 8.00. The Labute approximate surface area is 133 Å². The zero-order valence-electron chi connectivity index (χ0n) is 14.5. The number of nitrogens with one attached hydrogen (secondary N) is 1. The summed E-state index contributed by atoms with van der Waals surface area (Å²) in [4.78, 5) is 12.0. The van der Waals surface area contributed by atoms with Gasteiger partial charge in [-0.15, -0.1) is 0 Å².